The summed E-state index contributed by atoms with van der Waals surface area (Å²) in [6.07, 6.45) is 0.226. The number of carboxylic acids is 1. The summed E-state index contributed by atoms with van der Waals surface area (Å²) in [6.45, 7) is 0.468. The molecule has 0 radical (unpaired) electrons. The van der Waals surface area contributed by atoms with Crippen LogP contribution in [0.3, 0.4) is 0 Å². The van der Waals surface area contributed by atoms with Crippen molar-refractivity contribution in [3.63, 3.8) is 0 Å². The third-order valence-electron chi connectivity index (χ3n) is 1.89. The third-order valence-corrected chi connectivity index (χ3v) is 1.89. The lowest BCUT2D eigenvalue weighted by molar-refractivity contribution is -0.136. The van der Waals surface area contributed by atoms with Crippen LogP contribution in [-0.4, -0.2) is 17.6 Å². The molecule has 0 aromatic heterocycles. The highest BCUT2D eigenvalue weighted by atomic mass is 19.1. The van der Waals surface area contributed by atoms with E-state index in [1.165, 1.54) is 18.2 Å². The molecule has 0 atom stereocenters. The van der Waals surface area contributed by atoms with Crippen LogP contribution >= 0.6 is 0 Å². The van der Waals surface area contributed by atoms with Crippen LogP contribution in [-0.2, 0) is 11.2 Å². The number of aliphatic carboxylic acids is 1. The lowest BCUT2D eigenvalue weighted by Crippen LogP contribution is -2.02. The quantitative estimate of drug-likeness (QED) is 0.753. The molecule has 4 heteroatoms. The van der Waals surface area contributed by atoms with Crippen molar-refractivity contribution in [3.8, 4) is 11.8 Å². The molecule has 0 amide bonds. The molecule has 1 aromatic carbocycles. The van der Waals surface area contributed by atoms with Crippen LogP contribution in [0.5, 0.6) is 0 Å². The minimum Gasteiger partial charge on any atom is -0.481 e. The van der Waals surface area contributed by atoms with E-state index < -0.39 is 11.8 Å². The van der Waals surface area contributed by atoms with Crippen molar-refractivity contribution in [3.05, 3.63) is 35.1 Å². The SMILES string of the molecule is NCCC#Cc1ccc(F)c(CC(=O)O)c1. The van der Waals surface area contributed by atoms with Gasteiger partial charge in [-0.1, -0.05) is 11.8 Å². The number of halogens is 1. The van der Waals surface area contributed by atoms with Crippen LogP contribution in [0.2, 0.25) is 0 Å². The Balaban J connectivity index is 2.90. The summed E-state index contributed by atoms with van der Waals surface area (Å²) in [5.74, 6) is 4.02. The normalized spacial score (nSPS) is 9.38. The van der Waals surface area contributed by atoms with Gasteiger partial charge in [-0.25, -0.2) is 4.39 Å². The molecule has 84 valence electrons. The van der Waals surface area contributed by atoms with Gasteiger partial charge in [-0.15, -0.1) is 0 Å². The minimum absolute atomic E-state index is 0.145. The van der Waals surface area contributed by atoms with Crippen molar-refractivity contribution in [2.45, 2.75) is 12.8 Å². The smallest absolute Gasteiger partial charge is 0.307 e. The Kier molecular flexibility index (Phi) is 4.49. The van der Waals surface area contributed by atoms with Gasteiger partial charge in [-0.05, 0) is 18.2 Å². The molecule has 3 nitrogen and oxygen atoms in total. The Morgan fingerprint density at radius 1 is 1.50 bits per heavy atom. The summed E-state index contributed by atoms with van der Waals surface area (Å²) in [5.41, 5.74) is 6.02. The van der Waals surface area contributed by atoms with Gasteiger partial charge in [0.1, 0.15) is 5.82 Å². The second-order valence-electron chi connectivity index (χ2n) is 3.22. The van der Waals surface area contributed by atoms with Crippen LogP contribution in [0.25, 0.3) is 0 Å². The minimum atomic E-state index is -1.06. The first-order chi connectivity index (χ1) is 7.63. The molecule has 16 heavy (non-hydrogen) atoms. The van der Waals surface area contributed by atoms with Gasteiger partial charge in [-0.2, -0.15) is 0 Å². The van der Waals surface area contributed by atoms with Crippen LogP contribution < -0.4 is 5.73 Å². The maximum atomic E-state index is 13.2. The predicted molar refractivity (Wildman–Crippen MR) is 58.3 cm³/mol. The van der Waals surface area contributed by atoms with Gasteiger partial charge >= 0.3 is 5.97 Å². The first kappa shape index (κ1) is 12.2. The van der Waals surface area contributed by atoms with Crippen molar-refractivity contribution in [1.29, 1.82) is 0 Å². The van der Waals surface area contributed by atoms with Crippen LogP contribution in [0, 0.1) is 17.7 Å². The zero-order valence-corrected chi connectivity index (χ0v) is 8.66. The fourth-order valence-corrected chi connectivity index (χ4v) is 1.19. The van der Waals surface area contributed by atoms with Gasteiger partial charge in [0.2, 0.25) is 0 Å². The summed E-state index contributed by atoms with van der Waals surface area (Å²) in [5, 5.41) is 8.58. The van der Waals surface area contributed by atoms with Gasteiger partial charge in [0, 0.05) is 24.1 Å². The molecule has 0 aliphatic rings. The molecule has 0 aliphatic carbocycles. The lowest BCUT2D eigenvalue weighted by Gasteiger charge is -2.00. The van der Waals surface area contributed by atoms with Crippen LogP contribution in [0.4, 0.5) is 4.39 Å². The average Bonchev–Trinajstić information content (AvgIpc) is 2.22. The molecule has 0 spiro atoms. The second kappa shape index (κ2) is 5.89. The van der Waals surface area contributed by atoms with Crippen molar-refractivity contribution >= 4 is 5.97 Å². The Hall–Kier alpha value is -1.86. The topological polar surface area (TPSA) is 63.3 Å². The maximum Gasteiger partial charge on any atom is 0.307 e. The van der Waals surface area contributed by atoms with E-state index >= 15 is 0 Å². The molecule has 0 saturated carbocycles. The predicted octanol–water partition coefficient (Wildman–Crippen LogP) is 1.15. The molecular weight excluding hydrogens is 209 g/mol. The Bertz CT molecular complexity index is 446. The number of carboxylic acid groups (broad SMARTS) is 1. The molecule has 0 bridgehead atoms. The van der Waals surface area contributed by atoms with Crippen molar-refractivity contribution in [2.24, 2.45) is 5.73 Å². The fraction of sp³-hybridized carbons (Fsp3) is 0.250. The van der Waals surface area contributed by atoms with Gasteiger partial charge < -0.3 is 10.8 Å². The van der Waals surface area contributed by atoms with Gasteiger partial charge in [-0.3, -0.25) is 4.79 Å². The zero-order valence-electron chi connectivity index (χ0n) is 8.66. The summed E-state index contributed by atoms with van der Waals surface area (Å²) < 4.78 is 13.2. The monoisotopic (exact) mass is 221 g/mol. The molecule has 3 N–H and O–H groups in total. The first-order valence-corrected chi connectivity index (χ1v) is 4.82. The van der Waals surface area contributed by atoms with Gasteiger partial charge in [0.05, 0.1) is 6.42 Å². The number of nitrogens with two attached hydrogens (primary N) is 1. The van der Waals surface area contributed by atoms with Crippen LogP contribution in [0.1, 0.15) is 17.5 Å². The highest BCUT2D eigenvalue weighted by Crippen LogP contribution is 2.10. The van der Waals surface area contributed by atoms with E-state index in [4.69, 9.17) is 10.8 Å². The highest BCUT2D eigenvalue weighted by molar-refractivity contribution is 5.70. The fourth-order valence-electron chi connectivity index (χ4n) is 1.19. The molecule has 1 rings (SSSR count). The maximum absolute atomic E-state index is 13.2. The van der Waals surface area contributed by atoms with E-state index in [0.717, 1.165) is 0 Å². The number of benzene rings is 1. The van der Waals surface area contributed by atoms with Crippen LogP contribution in [0.15, 0.2) is 18.2 Å². The lowest BCUT2D eigenvalue weighted by atomic mass is 10.1. The highest BCUT2D eigenvalue weighted by Gasteiger charge is 2.06. The average molecular weight is 221 g/mol. The van der Waals surface area contributed by atoms with Gasteiger partial charge in [0.15, 0.2) is 0 Å². The summed E-state index contributed by atoms with van der Waals surface area (Å²) in [7, 11) is 0. The molecule has 0 saturated heterocycles. The van der Waals surface area contributed by atoms with Crippen molar-refractivity contribution in [2.75, 3.05) is 6.54 Å². The standard InChI is InChI=1S/C12H12FNO2/c13-11-5-4-9(3-1-2-6-14)7-10(11)8-12(15)16/h4-5,7H,2,6,8,14H2,(H,15,16). The largest absolute Gasteiger partial charge is 0.481 e. The van der Waals surface area contributed by atoms with E-state index in [1.54, 1.807) is 0 Å². The summed E-state index contributed by atoms with van der Waals surface area (Å²) in [6, 6.07) is 4.20. The van der Waals surface area contributed by atoms with Gasteiger partial charge in [0.25, 0.3) is 0 Å². The van der Waals surface area contributed by atoms with Crippen molar-refractivity contribution < 1.29 is 14.3 Å². The number of rotatable bonds is 3. The Morgan fingerprint density at radius 3 is 2.88 bits per heavy atom. The number of hydrogen-bond donors (Lipinski definition) is 2. The molecule has 0 heterocycles. The second-order valence-corrected chi connectivity index (χ2v) is 3.22. The number of hydrogen-bond acceptors (Lipinski definition) is 2. The first-order valence-electron chi connectivity index (χ1n) is 4.82. The molecule has 0 aliphatic heterocycles. The zero-order chi connectivity index (χ0) is 12.0. The van der Waals surface area contributed by atoms with Crippen molar-refractivity contribution in [1.82, 2.24) is 0 Å². The Labute approximate surface area is 93.1 Å². The third kappa shape index (κ3) is 3.71. The molecule has 0 fully saturated rings. The summed E-state index contributed by atoms with van der Waals surface area (Å²) >= 11 is 0. The Morgan fingerprint density at radius 2 is 2.25 bits per heavy atom. The number of carbonyl (C=O) groups is 1. The van der Waals surface area contributed by atoms with E-state index in [1.807, 2.05) is 0 Å². The molecular formula is C12H12FNO2. The van der Waals surface area contributed by atoms with E-state index in [9.17, 15) is 9.18 Å². The molecule has 1 aromatic rings. The van der Waals surface area contributed by atoms with E-state index in [-0.39, 0.29) is 12.0 Å². The van der Waals surface area contributed by atoms with E-state index in [2.05, 4.69) is 11.8 Å². The molecule has 0 unspecified atom stereocenters. The summed E-state index contributed by atoms with van der Waals surface area (Å²) in [4.78, 5) is 10.5. The van der Waals surface area contributed by atoms with E-state index in [0.29, 0.717) is 18.5 Å².